The Bertz CT molecular complexity index is 345. The molecule has 1 aliphatic rings. The van der Waals surface area contributed by atoms with Crippen LogP contribution in [0.4, 0.5) is 0 Å². The van der Waals surface area contributed by atoms with E-state index in [0.29, 0.717) is 5.69 Å². The molecule has 0 fully saturated rings. The van der Waals surface area contributed by atoms with E-state index in [1.54, 1.807) is 6.20 Å². The molecule has 5 nitrogen and oxygen atoms in total. The first-order valence-corrected chi connectivity index (χ1v) is 5.21. The van der Waals surface area contributed by atoms with E-state index in [1.165, 1.54) is 0 Å². The molecule has 0 radical (unpaired) electrons. The smallest absolute Gasteiger partial charge is 0.268 e. The molecular formula is C10H18N4O. The second-order valence-electron chi connectivity index (χ2n) is 3.34. The lowest BCUT2D eigenvalue weighted by Gasteiger charge is -2.22. The molecule has 2 heterocycles. The van der Waals surface area contributed by atoms with Crippen LogP contribution in [0.1, 0.15) is 30.2 Å². The number of imidazole rings is 1. The minimum Gasteiger partial charge on any atom is -0.364 e. The molecular weight excluding hydrogens is 192 g/mol. The Morgan fingerprint density at radius 2 is 2.13 bits per heavy atom. The Kier molecular flexibility index (Phi) is 3.85. The van der Waals surface area contributed by atoms with Crippen molar-refractivity contribution in [2.45, 2.75) is 26.9 Å². The van der Waals surface area contributed by atoms with Gasteiger partial charge in [-0.25, -0.2) is 4.98 Å². The van der Waals surface area contributed by atoms with Crippen molar-refractivity contribution in [2.75, 3.05) is 13.6 Å². The predicted molar refractivity (Wildman–Crippen MR) is 58.4 cm³/mol. The van der Waals surface area contributed by atoms with Crippen molar-refractivity contribution in [1.82, 2.24) is 14.5 Å². The van der Waals surface area contributed by atoms with Crippen LogP contribution < -0.4 is 5.73 Å². The Labute approximate surface area is 89.9 Å². The molecule has 1 amide bonds. The van der Waals surface area contributed by atoms with Gasteiger partial charge in [-0.05, 0) is 7.05 Å². The topological polar surface area (TPSA) is 64.2 Å². The third-order valence-corrected chi connectivity index (χ3v) is 2.25. The highest BCUT2D eigenvalue weighted by atomic mass is 16.1. The van der Waals surface area contributed by atoms with Crippen molar-refractivity contribution in [3.8, 4) is 0 Å². The van der Waals surface area contributed by atoms with Gasteiger partial charge in [0, 0.05) is 19.3 Å². The highest BCUT2D eigenvalue weighted by Gasteiger charge is 2.17. The van der Waals surface area contributed by atoms with E-state index in [1.807, 2.05) is 25.5 Å². The van der Waals surface area contributed by atoms with Gasteiger partial charge in [-0.1, -0.05) is 13.8 Å². The highest BCUT2D eigenvalue weighted by Crippen LogP contribution is 2.10. The molecule has 2 N–H and O–H groups in total. The molecule has 0 aromatic carbocycles. The van der Waals surface area contributed by atoms with Gasteiger partial charge >= 0.3 is 0 Å². The second kappa shape index (κ2) is 4.93. The van der Waals surface area contributed by atoms with Gasteiger partial charge in [0.2, 0.25) is 0 Å². The molecule has 2 rings (SSSR count). The number of fused-ring (bicyclic) bond motifs is 1. The van der Waals surface area contributed by atoms with Crippen molar-refractivity contribution in [1.29, 1.82) is 0 Å². The summed E-state index contributed by atoms with van der Waals surface area (Å²) in [7, 11) is 2.03. The Morgan fingerprint density at radius 3 is 2.73 bits per heavy atom. The van der Waals surface area contributed by atoms with Crippen LogP contribution in [0.15, 0.2) is 6.20 Å². The van der Waals surface area contributed by atoms with Crippen molar-refractivity contribution in [3.05, 3.63) is 17.7 Å². The van der Waals surface area contributed by atoms with Crippen LogP contribution in [-0.4, -0.2) is 34.0 Å². The fraction of sp³-hybridized carbons (Fsp3) is 0.600. The molecule has 0 spiro atoms. The van der Waals surface area contributed by atoms with Crippen molar-refractivity contribution < 1.29 is 4.79 Å². The number of rotatable bonds is 1. The Morgan fingerprint density at radius 1 is 1.47 bits per heavy atom. The summed E-state index contributed by atoms with van der Waals surface area (Å²) in [5.74, 6) is 0.465. The summed E-state index contributed by atoms with van der Waals surface area (Å²) in [6, 6.07) is 0. The van der Waals surface area contributed by atoms with Gasteiger partial charge in [0.15, 0.2) is 0 Å². The average molecular weight is 210 g/mol. The maximum Gasteiger partial charge on any atom is 0.268 e. The quantitative estimate of drug-likeness (QED) is 0.732. The fourth-order valence-corrected chi connectivity index (χ4v) is 1.49. The lowest BCUT2D eigenvalue weighted by atomic mass is 10.4. The molecule has 0 aliphatic carbocycles. The van der Waals surface area contributed by atoms with Crippen LogP contribution in [0.2, 0.25) is 0 Å². The number of amides is 1. The van der Waals surface area contributed by atoms with Gasteiger partial charge in [-0.3, -0.25) is 9.69 Å². The molecule has 1 aliphatic heterocycles. The molecule has 84 valence electrons. The molecule has 1 aromatic rings. The average Bonchev–Trinajstić information content (AvgIpc) is 2.63. The number of primary amides is 1. The van der Waals surface area contributed by atoms with Crippen LogP contribution in [0.25, 0.3) is 0 Å². The van der Waals surface area contributed by atoms with Gasteiger partial charge in [0.25, 0.3) is 5.91 Å². The molecule has 0 saturated heterocycles. The summed E-state index contributed by atoms with van der Waals surface area (Å²) in [6.45, 7) is 6.65. The van der Waals surface area contributed by atoms with Gasteiger partial charge in [-0.2, -0.15) is 0 Å². The molecule has 0 saturated carbocycles. The molecule has 0 bridgehead atoms. The predicted octanol–water partition coefficient (Wildman–Crippen LogP) is 0.454. The largest absolute Gasteiger partial charge is 0.364 e. The molecule has 1 aromatic heterocycles. The highest BCUT2D eigenvalue weighted by molar-refractivity contribution is 5.90. The summed E-state index contributed by atoms with van der Waals surface area (Å²) < 4.78 is 1.99. The van der Waals surface area contributed by atoms with Crippen LogP contribution in [0.3, 0.4) is 0 Å². The number of carbonyl (C=O) groups excluding carboxylic acids is 1. The van der Waals surface area contributed by atoms with E-state index >= 15 is 0 Å². The normalized spacial score (nSPS) is 15.1. The first-order chi connectivity index (χ1) is 7.16. The third kappa shape index (κ3) is 2.56. The minimum absolute atomic E-state index is 0.366. The molecule has 15 heavy (non-hydrogen) atoms. The number of hydrogen-bond donors (Lipinski definition) is 1. The lowest BCUT2D eigenvalue weighted by Crippen LogP contribution is -2.30. The van der Waals surface area contributed by atoms with Crippen molar-refractivity contribution in [3.63, 3.8) is 0 Å². The second-order valence-corrected chi connectivity index (χ2v) is 3.34. The zero-order valence-corrected chi connectivity index (χ0v) is 9.53. The summed E-state index contributed by atoms with van der Waals surface area (Å²) in [6.07, 6.45) is 1.73. The standard InChI is InChI=1S/C8H12N4O.C2H6/c1-11-2-3-12-4-6(8(9)13)10-7(12)5-11;1-2/h4H,2-3,5H2,1H3,(H2,9,13);1-2H3. The summed E-state index contributed by atoms with van der Waals surface area (Å²) in [5, 5.41) is 0. The van der Waals surface area contributed by atoms with E-state index < -0.39 is 5.91 Å². The van der Waals surface area contributed by atoms with E-state index in [-0.39, 0.29) is 0 Å². The van der Waals surface area contributed by atoms with Crippen LogP contribution >= 0.6 is 0 Å². The van der Waals surface area contributed by atoms with Crippen LogP contribution in [0.5, 0.6) is 0 Å². The van der Waals surface area contributed by atoms with Crippen molar-refractivity contribution in [2.24, 2.45) is 5.73 Å². The molecule has 0 atom stereocenters. The van der Waals surface area contributed by atoms with Gasteiger partial charge in [-0.15, -0.1) is 0 Å². The summed E-state index contributed by atoms with van der Waals surface area (Å²) in [4.78, 5) is 17.1. The number of nitrogens with zero attached hydrogens (tertiary/aromatic N) is 3. The number of carbonyl (C=O) groups is 1. The summed E-state index contributed by atoms with van der Waals surface area (Å²) in [5.41, 5.74) is 5.50. The molecule has 0 unspecified atom stereocenters. The number of aromatic nitrogens is 2. The van der Waals surface area contributed by atoms with Crippen LogP contribution in [0, 0.1) is 0 Å². The number of likely N-dealkylation sites (N-methyl/N-ethyl adjacent to an activating group) is 1. The Hall–Kier alpha value is -1.36. The first-order valence-electron chi connectivity index (χ1n) is 5.21. The minimum atomic E-state index is -0.454. The van der Waals surface area contributed by atoms with Crippen molar-refractivity contribution >= 4 is 5.91 Å². The SMILES string of the molecule is CC.CN1CCn2cc(C(N)=O)nc2C1. The van der Waals surface area contributed by atoms with Gasteiger partial charge < -0.3 is 10.3 Å². The monoisotopic (exact) mass is 210 g/mol. The van der Waals surface area contributed by atoms with E-state index in [0.717, 1.165) is 25.5 Å². The van der Waals surface area contributed by atoms with E-state index in [9.17, 15) is 4.79 Å². The fourth-order valence-electron chi connectivity index (χ4n) is 1.49. The lowest BCUT2D eigenvalue weighted by molar-refractivity contribution is 0.0996. The Balaban J connectivity index is 0.000000531. The first kappa shape index (κ1) is 11.7. The number of nitrogens with two attached hydrogens (primary N) is 1. The zero-order valence-electron chi connectivity index (χ0n) is 9.53. The van der Waals surface area contributed by atoms with Crippen LogP contribution in [-0.2, 0) is 13.1 Å². The zero-order chi connectivity index (χ0) is 11.4. The third-order valence-electron chi connectivity index (χ3n) is 2.25. The van der Waals surface area contributed by atoms with E-state index in [4.69, 9.17) is 5.73 Å². The maximum atomic E-state index is 10.8. The van der Waals surface area contributed by atoms with Gasteiger partial charge in [0.05, 0.1) is 6.54 Å². The van der Waals surface area contributed by atoms with E-state index in [2.05, 4.69) is 9.88 Å². The van der Waals surface area contributed by atoms with Gasteiger partial charge in [0.1, 0.15) is 11.5 Å². The maximum absolute atomic E-state index is 10.8. The number of hydrogen-bond acceptors (Lipinski definition) is 3. The molecule has 5 heteroatoms. The summed E-state index contributed by atoms with van der Waals surface area (Å²) >= 11 is 0.